The molecule has 0 bridgehead atoms. The Kier molecular flexibility index (Phi) is 3.90. The van der Waals surface area contributed by atoms with Gasteiger partial charge >= 0.3 is 0 Å². The normalized spacial score (nSPS) is 16.6. The van der Waals surface area contributed by atoms with Gasteiger partial charge in [-0.1, -0.05) is 5.92 Å². The number of aryl methyl sites for hydroxylation is 1. The number of anilines is 1. The van der Waals surface area contributed by atoms with Gasteiger partial charge in [0, 0.05) is 36.7 Å². The Labute approximate surface area is 111 Å². The first kappa shape index (κ1) is 12.9. The minimum Gasteiger partial charge on any atom is -0.398 e. The van der Waals surface area contributed by atoms with Gasteiger partial charge in [-0.3, -0.25) is 9.69 Å². The largest absolute Gasteiger partial charge is 0.398 e. The maximum atomic E-state index is 12.3. The molecule has 2 N–H and O–H groups in total. The maximum absolute atomic E-state index is 12.3. The Hall–Kier alpha value is -1.51. The van der Waals surface area contributed by atoms with E-state index in [-0.39, 0.29) is 5.91 Å². The van der Waals surface area contributed by atoms with E-state index in [4.69, 9.17) is 12.2 Å². The van der Waals surface area contributed by atoms with Gasteiger partial charge in [0.1, 0.15) is 0 Å². The molecule has 0 aliphatic carbocycles. The van der Waals surface area contributed by atoms with E-state index in [2.05, 4.69) is 10.8 Å². The molecule has 1 amide bonds. The minimum absolute atomic E-state index is 0.0835. The fourth-order valence-corrected chi connectivity index (χ4v) is 2.90. The Morgan fingerprint density at radius 3 is 2.67 bits per heavy atom. The van der Waals surface area contributed by atoms with E-state index in [1.165, 1.54) is 11.3 Å². The van der Waals surface area contributed by atoms with Crippen molar-refractivity contribution in [2.75, 3.05) is 38.5 Å². The first-order chi connectivity index (χ1) is 8.61. The first-order valence-electron chi connectivity index (χ1n) is 5.93. The molecule has 0 aromatic carbocycles. The van der Waals surface area contributed by atoms with Crippen LogP contribution < -0.4 is 5.73 Å². The molecule has 5 heteroatoms. The Balaban J connectivity index is 1.97. The van der Waals surface area contributed by atoms with E-state index in [9.17, 15) is 4.79 Å². The van der Waals surface area contributed by atoms with E-state index < -0.39 is 0 Å². The molecule has 0 radical (unpaired) electrons. The summed E-state index contributed by atoms with van der Waals surface area (Å²) in [6.45, 7) is 5.75. The number of nitrogens with zero attached hydrogens (tertiary/aromatic N) is 2. The van der Waals surface area contributed by atoms with Crippen molar-refractivity contribution in [3.05, 3.63) is 15.8 Å². The van der Waals surface area contributed by atoms with E-state index in [0.717, 1.165) is 35.9 Å². The highest BCUT2D eigenvalue weighted by molar-refractivity contribution is 7.14. The zero-order chi connectivity index (χ0) is 13.1. The monoisotopic (exact) mass is 263 g/mol. The zero-order valence-corrected chi connectivity index (χ0v) is 11.3. The van der Waals surface area contributed by atoms with Crippen LogP contribution in [0.1, 0.15) is 14.5 Å². The molecule has 0 atom stereocenters. The molecular weight excluding hydrogens is 246 g/mol. The number of thiophene rings is 1. The summed E-state index contributed by atoms with van der Waals surface area (Å²) in [5.74, 6) is 2.72. The number of carbonyl (C=O) groups is 1. The second-order valence-corrected chi connectivity index (χ2v) is 5.65. The fourth-order valence-electron chi connectivity index (χ4n) is 2.00. The summed E-state index contributed by atoms with van der Waals surface area (Å²) in [4.78, 5) is 18.0. The van der Waals surface area contributed by atoms with Crippen molar-refractivity contribution < 1.29 is 4.79 Å². The lowest BCUT2D eigenvalue weighted by Crippen LogP contribution is -2.48. The molecular formula is C13H17N3OS. The number of nitrogens with two attached hydrogens (primary N) is 1. The highest BCUT2D eigenvalue weighted by Crippen LogP contribution is 2.24. The van der Waals surface area contributed by atoms with Gasteiger partial charge in [0.25, 0.3) is 5.91 Å². The lowest BCUT2D eigenvalue weighted by molar-refractivity contribution is 0.0657. The van der Waals surface area contributed by atoms with E-state index >= 15 is 0 Å². The molecule has 4 nitrogen and oxygen atoms in total. The number of hydrogen-bond acceptors (Lipinski definition) is 4. The molecule has 18 heavy (non-hydrogen) atoms. The Bertz CT molecular complexity index is 461. The molecule has 0 unspecified atom stereocenters. The van der Waals surface area contributed by atoms with Crippen LogP contribution in [0, 0.1) is 19.3 Å². The van der Waals surface area contributed by atoms with Crippen molar-refractivity contribution in [1.29, 1.82) is 0 Å². The highest BCUT2D eigenvalue weighted by atomic mass is 32.1. The highest BCUT2D eigenvalue weighted by Gasteiger charge is 2.23. The zero-order valence-electron chi connectivity index (χ0n) is 10.5. The predicted molar refractivity (Wildman–Crippen MR) is 74.6 cm³/mol. The summed E-state index contributed by atoms with van der Waals surface area (Å²) < 4.78 is 0. The lowest BCUT2D eigenvalue weighted by atomic mass is 10.3. The topological polar surface area (TPSA) is 49.6 Å². The van der Waals surface area contributed by atoms with Crippen LogP contribution in [0.4, 0.5) is 5.69 Å². The molecule has 1 aliphatic heterocycles. The van der Waals surface area contributed by atoms with Crippen molar-refractivity contribution >= 4 is 22.9 Å². The summed E-state index contributed by atoms with van der Waals surface area (Å²) in [6.07, 6.45) is 5.28. The van der Waals surface area contributed by atoms with Gasteiger partial charge in [-0.25, -0.2) is 0 Å². The number of amides is 1. The van der Waals surface area contributed by atoms with Crippen molar-refractivity contribution in [3.63, 3.8) is 0 Å². The van der Waals surface area contributed by atoms with Gasteiger partial charge in [-0.2, -0.15) is 0 Å². The third-order valence-corrected chi connectivity index (χ3v) is 4.20. The molecule has 1 aromatic heterocycles. The van der Waals surface area contributed by atoms with Crippen LogP contribution in [-0.4, -0.2) is 48.4 Å². The number of carbonyl (C=O) groups excluding carboxylic acids is 1. The average Bonchev–Trinajstić information content (AvgIpc) is 2.70. The van der Waals surface area contributed by atoms with E-state index in [1.807, 2.05) is 11.8 Å². The lowest BCUT2D eigenvalue weighted by Gasteiger charge is -2.33. The molecule has 96 valence electrons. The van der Waals surface area contributed by atoms with E-state index in [0.29, 0.717) is 12.2 Å². The first-order valence-corrected chi connectivity index (χ1v) is 6.74. The molecule has 2 rings (SSSR count). The number of piperazine rings is 1. The number of terminal acetylenes is 1. The molecule has 1 aromatic rings. The molecule has 1 fully saturated rings. The Morgan fingerprint density at radius 1 is 1.50 bits per heavy atom. The van der Waals surface area contributed by atoms with Gasteiger partial charge < -0.3 is 10.6 Å². The van der Waals surface area contributed by atoms with Crippen molar-refractivity contribution in [3.8, 4) is 12.3 Å². The number of nitrogen functional groups attached to an aromatic ring is 1. The van der Waals surface area contributed by atoms with Gasteiger partial charge in [-0.15, -0.1) is 17.8 Å². The second kappa shape index (κ2) is 5.42. The molecule has 1 saturated heterocycles. The summed E-state index contributed by atoms with van der Waals surface area (Å²) in [5.41, 5.74) is 6.48. The molecule has 2 heterocycles. The quantitative estimate of drug-likeness (QED) is 0.811. The fraction of sp³-hybridized carbons (Fsp3) is 0.462. The van der Waals surface area contributed by atoms with Gasteiger partial charge in [0.05, 0.1) is 11.4 Å². The summed E-state index contributed by atoms with van der Waals surface area (Å²) in [7, 11) is 0. The van der Waals surface area contributed by atoms with Crippen LogP contribution in [-0.2, 0) is 0 Å². The third-order valence-electron chi connectivity index (χ3n) is 3.14. The van der Waals surface area contributed by atoms with Crippen LogP contribution >= 0.6 is 11.3 Å². The summed E-state index contributed by atoms with van der Waals surface area (Å²) in [6, 6.07) is 1.77. The molecule has 0 saturated carbocycles. The second-order valence-electron chi connectivity index (χ2n) is 4.39. The van der Waals surface area contributed by atoms with Gasteiger partial charge in [-0.05, 0) is 13.0 Å². The number of rotatable bonds is 2. The standard InChI is InChI=1S/C13H17N3OS/c1-3-4-15-5-7-16(8-6-15)13(17)12-9-11(14)10(2)18-12/h1,9H,4-8,14H2,2H3. The molecule has 0 spiro atoms. The van der Waals surface area contributed by atoms with Gasteiger partial charge in [0.2, 0.25) is 0 Å². The number of hydrogen-bond donors (Lipinski definition) is 1. The smallest absolute Gasteiger partial charge is 0.264 e. The van der Waals surface area contributed by atoms with Crippen molar-refractivity contribution in [2.45, 2.75) is 6.92 Å². The molecule has 1 aliphatic rings. The predicted octanol–water partition coefficient (Wildman–Crippen LogP) is 1.03. The van der Waals surface area contributed by atoms with Crippen molar-refractivity contribution in [1.82, 2.24) is 9.80 Å². The van der Waals surface area contributed by atoms with Crippen molar-refractivity contribution in [2.24, 2.45) is 0 Å². The third kappa shape index (κ3) is 2.66. The van der Waals surface area contributed by atoms with Gasteiger partial charge in [0.15, 0.2) is 0 Å². The van der Waals surface area contributed by atoms with E-state index in [1.54, 1.807) is 6.07 Å². The van der Waals surface area contributed by atoms with Crippen LogP contribution in [0.25, 0.3) is 0 Å². The summed E-state index contributed by atoms with van der Waals surface area (Å²) >= 11 is 1.47. The Morgan fingerprint density at radius 2 is 2.17 bits per heavy atom. The average molecular weight is 263 g/mol. The van der Waals surface area contributed by atoms with Crippen LogP contribution in [0.3, 0.4) is 0 Å². The minimum atomic E-state index is 0.0835. The summed E-state index contributed by atoms with van der Waals surface area (Å²) in [5, 5.41) is 0. The van der Waals surface area contributed by atoms with Crippen LogP contribution in [0.2, 0.25) is 0 Å². The van der Waals surface area contributed by atoms with Crippen LogP contribution in [0.15, 0.2) is 6.07 Å². The maximum Gasteiger partial charge on any atom is 0.264 e. The van der Waals surface area contributed by atoms with Crippen LogP contribution in [0.5, 0.6) is 0 Å². The SMILES string of the molecule is C#CCN1CCN(C(=O)c2cc(N)c(C)s2)CC1.